The van der Waals surface area contributed by atoms with E-state index in [0.717, 1.165) is 6.07 Å². The van der Waals surface area contributed by atoms with Crippen LogP contribution in [-0.2, 0) is 6.61 Å². The molecule has 3 aromatic rings. The third-order valence-corrected chi connectivity index (χ3v) is 3.38. The second-order valence-corrected chi connectivity index (χ2v) is 5.00. The number of halogens is 1. The Balaban J connectivity index is 1.82. The van der Waals surface area contributed by atoms with Gasteiger partial charge in [0.05, 0.1) is 23.4 Å². The molecule has 0 unspecified atom stereocenters. The number of nitriles is 1. The number of carboxylic acids is 1. The number of benzene rings is 1. The quantitative estimate of drug-likeness (QED) is 0.767. The summed E-state index contributed by atoms with van der Waals surface area (Å²) in [5, 5.41) is 21.8. The normalized spacial score (nSPS) is 10.2. The first-order valence-corrected chi connectivity index (χ1v) is 7.13. The summed E-state index contributed by atoms with van der Waals surface area (Å²) in [7, 11) is 0. The molecule has 0 radical (unpaired) electrons. The van der Waals surface area contributed by atoms with E-state index in [1.54, 1.807) is 6.07 Å². The van der Waals surface area contributed by atoms with Crippen LogP contribution in [0.3, 0.4) is 0 Å². The number of hydrogen-bond donors (Lipinski definition) is 1. The molecule has 0 saturated heterocycles. The monoisotopic (exact) mass is 338 g/mol. The van der Waals surface area contributed by atoms with E-state index < -0.39 is 11.8 Å². The first-order chi connectivity index (χ1) is 12.1. The zero-order valence-corrected chi connectivity index (χ0v) is 12.8. The molecule has 3 rings (SSSR count). The summed E-state index contributed by atoms with van der Waals surface area (Å²) in [6.07, 6.45) is 2.81. The van der Waals surface area contributed by atoms with Crippen molar-refractivity contribution in [2.75, 3.05) is 0 Å². The lowest BCUT2D eigenvalue weighted by Crippen LogP contribution is -2.07. The number of carboxylic acid groups (broad SMARTS) is 1. The Morgan fingerprint density at radius 3 is 2.84 bits per heavy atom. The molecule has 0 aliphatic rings. The molecular weight excluding hydrogens is 327 g/mol. The molecule has 0 aliphatic heterocycles. The van der Waals surface area contributed by atoms with Crippen LogP contribution in [0.4, 0.5) is 4.39 Å². The molecule has 0 amide bonds. The van der Waals surface area contributed by atoms with Crippen LogP contribution < -0.4 is 4.74 Å². The van der Waals surface area contributed by atoms with Gasteiger partial charge in [0.25, 0.3) is 0 Å². The second-order valence-electron chi connectivity index (χ2n) is 5.00. The number of aromatic nitrogens is 3. The third-order valence-electron chi connectivity index (χ3n) is 3.38. The summed E-state index contributed by atoms with van der Waals surface area (Å²) in [6.45, 7) is -0.0815. The van der Waals surface area contributed by atoms with Crippen LogP contribution in [0.15, 0.2) is 48.8 Å². The third kappa shape index (κ3) is 3.45. The van der Waals surface area contributed by atoms with Crippen molar-refractivity contribution in [3.8, 4) is 17.8 Å². The van der Waals surface area contributed by atoms with E-state index in [0.29, 0.717) is 0 Å². The predicted molar refractivity (Wildman–Crippen MR) is 83.8 cm³/mol. The van der Waals surface area contributed by atoms with E-state index in [9.17, 15) is 9.18 Å². The fourth-order valence-electron chi connectivity index (χ4n) is 2.13. The van der Waals surface area contributed by atoms with Gasteiger partial charge in [-0.05, 0) is 24.3 Å². The molecule has 2 heterocycles. The van der Waals surface area contributed by atoms with Gasteiger partial charge in [-0.15, -0.1) is 0 Å². The standard InChI is InChI=1S/C17H11FN4O3/c18-14-7-11(9-19)1-2-13(14)10-25-16-4-6-21-22(16)15-8-12(17(23)24)3-5-20-15/h1-8H,10H2,(H,23,24). The van der Waals surface area contributed by atoms with Crippen molar-refractivity contribution in [3.05, 3.63) is 71.3 Å². The van der Waals surface area contributed by atoms with E-state index in [1.807, 2.05) is 6.07 Å². The number of nitrogens with zero attached hydrogens (tertiary/aromatic N) is 4. The number of rotatable bonds is 5. The lowest BCUT2D eigenvalue weighted by molar-refractivity contribution is 0.0696. The number of hydrogen-bond acceptors (Lipinski definition) is 5. The zero-order valence-electron chi connectivity index (χ0n) is 12.8. The zero-order chi connectivity index (χ0) is 17.8. The molecule has 0 spiro atoms. The highest BCUT2D eigenvalue weighted by molar-refractivity contribution is 5.87. The van der Waals surface area contributed by atoms with Gasteiger partial charge in [0, 0.05) is 17.8 Å². The van der Waals surface area contributed by atoms with Crippen LogP contribution in [0.2, 0.25) is 0 Å². The van der Waals surface area contributed by atoms with Crippen LogP contribution in [0.5, 0.6) is 5.88 Å². The Labute approximate surface area is 141 Å². The Kier molecular flexibility index (Phi) is 4.39. The predicted octanol–water partition coefficient (Wildman–Crippen LogP) is 2.56. The first kappa shape index (κ1) is 16.1. The van der Waals surface area contributed by atoms with Crippen LogP contribution in [-0.4, -0.2) is 25.8 Å². The van der Waals surface area contributed by atoms with Gasteiger partial charge in [0.15, 0.2) is 5.82 Å². The molecule has 1 aromatic carbocycles. The Bertz CT molecular complexity index is 978. The molecule has 7 nitrogen and oxygen atoms in total. The van der Waals surface area contributed by atoms with E-state index in [1.165, 1.54) is 41.3 Å². The van der Waals surface area contributed by atoms with Gasteiger partial charge >= 0.3 is 5.97 Å². The molecule has 2 aromatic heterocycles. The van der Waals surface area contributed by atoms with Crippen molar-refractivity contribution in [2.24, 2.45) is 0 Å². The smallest absolute Gasteiger partial charge is 0.335 e. The average molecular weight is 338 g/mol. The maximum Gasteiger partial charge on any atom is 0.335 e. The van der Waals surface area contributed by atoms with Gasteiger partial charge in [0.1, 0.15) is 12.4 Å². The molecule has 1 N–H and O–H groups in total. The minimum Gasteiger partial charge on any atom is -0.478 e. The lowest BCUT2D eigenvalue weighted by Gasteiger charge is -2.09. The lowest BCUT2D eigenvalue weighted by atomic mass is 10.1. The Morgan fingerprint density at radius 1 is 1.28 bits per heavy atom. The van der Waals surface area contributed by atoms with Crippen LogP contribution in [0.1, 0.15) is 21.5 Å². The van der Waals surface area contributed by atoms with Gasteiger partial charge in [-0.25, -0.2) is 14.2 Å². The topological polar surface area (TPSA) is 101 Å². The summed E-state index contributed by atoms with van der Waals surface area (Å²) in [5.74, 6) is -1.09. The number of aromatic carboxylic acids is 1. The summed E-state index contributed by atoms with van der Waals surface area (Å²) < 4.78 is 20.8. The minimum atomic E-state index is -1.09. The molecule has 25 heavy (non-hydrogen) atoms. The van der Waals surface area contributed by atoms with Gasteiger partial charge in [0.2, 0.25) is 5.88 Å². The van der Waals surface area contributed by atoms with Gasteiger partial charge < -0.3 is 9.84 Å². The molecule has 0 aliphatic carbocycles. The molecular formula is C17H11FN4O3. The minimum absolute atomic E-state index is 0.0598. The summed E-state index contributed by atoms with van der Waals surface area (Å²) in [4.78, 5) is 15.1. The van der Waals surface area contributed by atoms with Crippen molar-refractivity contribution in [1.82, 2.24) is 14.8 Å². The number of ether oxygens (including phenoxy) is 1. The molecule has 124 valence electrons. The van der Waals surface area contributed by atoms with Crippen molar-refractivity contribution >= 4 is 5.97 Å². The average Bonchev–Trinajstić information content (AvgIpc) is 3.09. The highest BCUT2D eigenvalue weighted by atomic mass is 19.1. The molecule has 0 fully saturated rings. The highest BCUT2D eigenvalue weighted by Crippen LogP contribution is 2.19. The van der Waals surface area contributed by atoms with Crippen LogP contribution >= 0.6 is 0 Å². The molecule has 8 heteroatoms. The summed E-state index contributed by atoms with van der Waals surface area (Å²) >= 11 is 0. The summed E-state index contributed by atoms with van der Waals surface area (Å²) in [5.41, 5.74) is 0.560. The van der Waals surface area contributed by atoms with E-state index in [-0.39, 0.29) is 35.0 Å². The molecule has 0 saturated carbocycles. The molecule has 0 atom stereocenters. The SMILES string of the molecule is N#Cc1ccc(COc2ccnn2-c2cc(C(=O)O)ccn2)c(F)c1. The number of pyridine rings is 1. The first-order valence-electron chi connectivity index (χ1n) is 7.13. The molecule has 0 bridgehead atoms. The largest absolute Gasteiger partial charge is 0.478 e. The van der Waals surface area contributed by atoms with Crippen molar-refractivity contribution in [1.29, 1.82) is 5.26 Å². The fourth-order valence-corrected chi connectivity index (χ4v) is 2.13. The van der Waals surface area contributed by atoms with E-state index >= 15 is 0 Å². The van der Waals surface area contributed by atoms with Crippen molar-refractivity contribution < 1.29 is 19.0 Å². The maximum absolute atomic E-state index is 13.9. The van der Waals surface area contributed by atoms with E-state index in [2.05, 4.69) is 10.1 Å². The van der Waals surface area contributed by atoms with Crippen LogP contribution in [0, 0.1) is 17.1 Å². The summed E-state index contributed by atoms with van der Waals surface area (Å²) in [6, 6.07) is 10.2. The van der Waals surface area contributed by atoms with Gasteiger partial charge in [-0.2, -0.15) is 15.0 Å². The Morgan fingerprint density at radius 2 is 2.12 bits per heavy atom. The van der Waals surface area contributed by atoms with Gasteiger partial charge in [-0.3, -0.25) is 0 Å². The van der Waals surface area contributed by atoms with Crippen molar-refractivity contribution in [3.63, 3.8) is 0 Å². The maximum atomic E-state index is 13.9. The van der Waals surface area contributed by atoms with Crippen molar-refractivity contribution in [2.45, 2.75) is 6.61 Å². The fraction of sp³-hybridized carbons (Fsp3) is 0.0588. The van der Waals surface area contributed by atoms with Gasteiger partial charge in [-0.1, -0.05) is 6.07 Å². The second kappa shape index (κ2) is 6.80. The Hall–Kier alpha value is -3.73. The number of carbonyl (C=O) groups is 1. The van der Waals surface area contributed by atoms with Crippen LogP contribution in [0.25, 0.3) is 5.82 Å². The highest BCUT2D eigenvalue weighted by Gasteiger charge is 2.12. The van der Waals surface area contributed by atoms with E-state index in [4.69, 9.17) is 15.1 Å².